The Balaban J connectivity index is 1.58. The second kappa shape index (κ2) is 14.8. The van der Waals surface area contributed by atoms with E-state index in [9.17, 15) is 18.0 Å². The maximum absolute atomic E-state index is 14.5. The third-order valence-electron chi connectivity index (χ3n) is 7.53. The van der Waals surface area contributed by atoms with Crippen LogP contribution in [0.2, 0.25) is 0 Å². The molecule has 0 aromatic heterocycles. The fraction of sp³-hybridized carbons (Fsp3) is 0.257. The van der Waals surface area contributed by atoms with Gasteiger partial charge in [-0.2, -0.15) is 0 Å². The molecule has 1 aliphatic heterocycles. The molecule has 4 aromatic rings. The number of carbonyl (C=O) groups excluding carboxylic acids is 2. The van der Waals surface area contributed by atoms with Crippen molar-refractivity contribution in [2.45, 2.75) is 30.8 Å². The fourth-order valence-corrected chi connectivity index (χ4v) is 6.68. The van der Waals surface area contributed by atoms with Crippen LogP contribution in [0.5, 0.6) is 17.2 Å². The van der Waals surface area contributed by atoms with Crippen molar-refractivity contribution < 1.29 is 32.2 Å². The Morgan fingerprint density at radius 2 is 1.52 bits per heavy atom. The molecule has 2 amide bonds. The van der Waals surface area contributed by atoms with E-state index in [0.29, 0.717) is 42.6 Å². The molecule has 0 saturated carbocycles. The Hall–Kier alpha value is -5.03. The van der Waals surface area contributed by atoms with Crippen molar-refractivity contribution in [1.82, 2.24) is 10.2 Å². The van der Waals surface area contributed by atoms with Crippen molar-refractivity contribution >= 4 is 27.5 Å². The fourth-order valence-electron chi connectivity index (χ4n) is 5.25. The van der Waals surface area contributed by atoms with Crippen LogP contribution in [-0.2, 0) is 32.6 Å². The number of amides is 2. The van der Waals surface area contributed by atoms with Gasteiger partial charge in [0.15, 0.2) is 11.5 Å². The normalized spacial score (nSPS) is 12.9. The van der Waals surface area contributed by atoms with E-state index >= 15 is 0 Å². The molecule has 0 aliphatic carbocycles. The number of hydrogen-bond donors (Lipinski definition) is 1. The van der Waals surface area contributed by atoms with E-state index < -0.39 is 28.5 Å². The van der Waals surface area contributed by atoms with Gasteiger partial charge in [0, 0.05) is 25.6 Å². The van der Waals surface area contributed by atoms with Crippen molar-refractivity contribution in [2.24, 2.45) is 0 Å². The highest BCUT2D eigenvalue weighted by atomic mass is 32.2. The molecule has 1 N–H and O–H groups in total. The highest BCUT2D eigenvalue weighted by Crippen LogP contribution is 2.36. The summed E-state index contributed by atoms with van der Waals surface area (Å²) in [5.41, 5.74) is 1.79. The first kappa shape index (κ1) is 32.4. The molecule has 5 rings (SSSR count). The number of nitrogens with zero attached hydrogens (tertiary/aromatic N) is 2. The Labute approximate surface area is 269 Å². The largest absolute Gasteiger partial charge is 0.497 e. The van der Waals surface area contributed by atoms with E-state index in [1.54, 1.807) is 61.7 Å². The van der Waals surface area contributed by atoms with Gasteiger partial charge in [0.05, 0.1) is 17.7 Å². The summed E-state index contributed by atoms with van der Waals surface area (Å²) in [4.78, 5) is 29.7. The highest BCUT2D eigenvalue weighted by molar-refractivity contribution is 7.92. The number of nitrogens with one attached hydrogen (secondary N) is 1. The number of fused-ring (bicyclic) bond motifs is 1. The van der Waals surface area contributed by atoms with Gasteiger partial charge in [-0.15, -0.1) is 0 Å². The van der Waals surface area contributed by atoms with Gasteiger partial charge in [0.25, 0.3) is 10.0 Å². The average molecular weight is 644 g/mol. The van der Waals surface area contributed by atoms with Crippen molar-refractivity contribution in [3.05, 3.63) is 114 Å². The van der Waals surface area contributed by atoms with Crippen LogP contribution < -0.4 is 23.8 Å². The molecule has 10 nitrogen and oxygen atoms in total. The highest BCUT2D eigenvalue weighted by Gasteiger charge is 2.35. The summed E-state index contributed by atoms with van der Waals surface area (Å²) in [6.07, 6.45) is 0.220. The van der Waals surface area contributed by atoms with Crippen LogP contribution in [0.1, 0.15) is 18.1 Å². The molecule has 0 fully saturated rings. The Kier molecular flexibility index (Phi) is 10.4. The van der Waals surface area contributed by atoms with Gasteiger partial charge >= 0.3 is 0 Å². The lowest BCUT2D eigenvalue weighted by Gasteiger charge is -2.34. The zero-order chi connectivity index (χ0) is 32.5. The minimum absolute atomic E-state index is 0.0154. The van der Waals surface area contributed by atoms with E-state index in [-0.39, 0.29) is 29.5 Å². The van der Waals surface area contributed by atoms with E-state index in [2.05, 4.69) is 5.32 Å². The molecule has 46 heavy (non-hydrogen) atoms. The minimum atomic E-state index is -4.24. The first-order valence-electron chi connectivity index (χ1n) is 15.0. The second-order valence-electron chi connectivity index (χ2n) is 10.6. The zero-order valence-electron chi connectivity index (χ0n) is 25.8. The predicted molar refractivity (Wildman–Crippen MR) is 175 cm³/mol. The van der Waals surface area contributed by atoms with Crippen LogP contribution in [-0.4, -0.2) is 64.6 Å². The van der Waals surface area contributed by atoms with Crippen molar-refractivity contribution in [3.63, 3.8) is 0 Å². The maximum atomic E-state index is 14.5. The molecule has 0 saturated heterocycles. The molecule has 1 atom stereocenters. The van der Waals surface area contributed by atoms with Crippen molar-refractivity contribution in [1.29, 1.82) is 0 Å². The lowest BCUT2D eigenvalue weighted by Crippen LogP contribution is -2.53. The summed E-state index contributed by atoms with van der Waals surface area (Å²) in [7, 11) is -2.69. The average Bonchev–Trinajstić information content (AvgIpc) is 3.09. The summed E-state index contributed by atoms with van der Waals surface area (Å²) in [5, 5.41) is 2.87. The summed E-state index contributed by atoms with van der Waals surface area (Å²) in [5.74, 6) is 0.537. The van der Waals surface area contributed by atoms with Gasteiger partial charge < -0.3 is 24.4 Å². The first-order chi connectivity index (χ1) is 22.3. The molecule has 1 aliphatic rings. The van der Waals surface area contributed by atoms with E-state index in [4.69, 9.17) is 14.2 Å². The molecule has 11 heteroatoms. The third-order valence-corrected chi connectivity index (χ3v) is 9.32. The standard InChI is InChI=1S/C35H37N3O7S/c1-3-36-35(40)31(22-26-11-6-4-7-12-26)37(24-27-13-10-14-29(21-27)43-2)34(39)25-38(46(41,42)30-15-8-5-9-16-30)28-17-18-32-33(23-28)45-20-19-44-32/h4-18,21,23,31H,3,19-20,22,24-25H2,1-2H3,(H,36,40). The molecule has 4 aromatic carbocycles. The number of methoxy groups -OCH3 is 1. The lowest BCUT2D eigenvalue weighted by molar-refractivity contribution is -0.140. The molecular weight excluding hydrogens is 606 g/mol. The number of hydrogen-bond acceptors (Lipinski definition) is 7. The van der Waals surface area contributed by atoms with Gasteiger partial charge in [-0.05, 0) is 54.4 Å². The van der Waals surface area contributed by atoms with E-state index in [1.165, 1.54) is 17.0 Å². The molecule has 0 bridgehead atoms. The number of likely N-dealkylation sites (N-methyl/N-ethyl adjacent to an activating group) is 1. The van der Waals surface area contributed by atoms with Crippen LogP contribution in [0.15, 0.2) is 108 Å². The topological polar surface area (TPSA) is 114 Å². The van der Waals surface area contributed by atoms with Gasteiger partial charge in [-0.3, -0.25) is 13.9 Å². The zero-order valence-corrected chi connectivity index (χ0v) is 26.6. The number of sulfonamides is 1. The van der Waals surface area contributed by atoms with Crippen LogP contribution in [0.25, 0.3) is 0 Å². The second-order valence-corrected chi connectivity index (χ2v) is 12.5. The maximum Gasteiger partial charge on any atom is 0.264 e. The number of rotatable bonds is 13. The quantitative estimate of drug-likeness (QED) is 0.229. The van der Waals surface area contributed by atoms with Gasteiger partial charge in [-0.25, -0.2) is 8.42 Å². The first-order valence-corrected chi connectivity index (χ1v) is 16.5. The predicted octanol–water partition coefficient (Wildman–Crippen LogP) is 4.44. The molecule has 0 spiro atoms. The number of benzene rings is 4. The molecule has 1 unspecified atom stereocenters. The number of anilines is 1. The van der Waals surface area contributed by atoms with Gasteiger partial charge in [-0.1, -0.05) is 60.7 Å². The summed E-state index contributed by atoms with van der Waals surface area (Å²) in [6.45, 7) is 2.30. The molecular formula is C35H37N3O7S. The van der Waals surface area contributed by atoms with Crippen LogP contribution in [0, 0.1) is 0 Å². The molecule has 1 heterocycles. The van der Waals surface area contributed by atoms with Crippen LogP contribution >= 0.6 is 0 Å². The van der Waals surface area contributed by atoms with E-state index in [1.807, 2.05) is 43.3 Å². The Bertz CT molecular complexity index is 1750. The van der Waals surface area contributed by atoms with Gasteiger partial charge in [0.2, 0.25) is 11.8 Å². The smallest absolute Gasteiger partial charge is 0.264 e. The Morgan fingerprint density at radius 1 is 0.848 bits per heavy atom. The van der Waals surface area contributed by atoms with Gasteiger partial charge in [0.1, 0.15) is 31.5 Å². The Morgan fingerprint density at radius 3 is 2.22 bits per heavy atom. The summed E-state index contributed by atoms with van der Waals surface area (Å²) < 4.78 is 46.2. The molecule has 240 valence electrons. The third kappa shape index (κ3) is 7.60. The summed E-state index contributed by atoms with van der Waals surface area (Å²) >= 11 is 0. The SMILES string of the molecule is CCNC(=O)C(Cc1ccccc1)N(Cc1cccc(OC)c1)C(=O)CN(c1ccc2c(c1)OCCO2)S(=O)(=O)c1ccccc1. The van der Waals surface area contributed by atoms with Crippen LogP contribution in [0.3, 0.4) is 0 Å². The number of carbonyl (C=O) groups is 2. The van der Waals surface area contributed by atoms with Crippen molar-refractivity contribution in [2.75, 3.05) is 37.7 Å². The van der Waals surface area contributed by atoms with Crippen LogP contribution in [0.4, 0.5) is 5.69 Å². The number of ether oxygens (including phenoxy) is 3. The molecule has 0 radical (unpaired) electrons. The summed E-state index contributed by atoms with van der Waals surface area (Å²) in [6, 6.07) is 28.4. The van der Waals surface area contributed by atoms with E-state index in [0.717, 1.165) is 9.87 Å². The monoisotopic (exact) mass is 643 g/mol. The van der Waals surface area contributed by atoms with Crippen molar-refractivity contribution in [3.8, 4) is 17.2 Å². The lowest BCUT2D eigenvalue weighted by atomic mass is 10.0. The minimum Gasteiger partial charge on any atom is -0.497 e.